The number of benzene rings is 1. The maximum Gasteiger partial charge on any atom is 0.411 e. The van der Waals surface area contributed by atoms with Gasteiger partial charge in [-0.2, -0.15) is 23.4 Å². The molecule has 3 aromatic rings. The number of anilines is 1. The molecule has 0 aliphatic carbocycles. The number of aromatic nitrogens is 4. The third kappa shape index (κ3) is 5.24. The average molecular weight is 434 g/mol. The van der Waals surface area contributed by atoms with Crippen LogP contribution in [0.2, 0.25) is 10.0 Å². The molecule has 28 heavy (non-hydrogen) atoms. The number of carbonyl (C=O) groups is 1. The zero-order valence-corrected chi connectivity index (χ0v) is 15.4. The van der Waals surface area contributed by atoms with Crippen LogP contribution in [0, 0.1) is 0 Å². The molecule has 0 aliphatic heterocycles. The fraction of sp³-hybridized carbons (Fsp3) is 0.188. The first-order chi connectivity index (χ1) is 13.2. The molecule has 0 saturated heterocycles. The number of amides is 1. The summed E-state index contributed by atoms with van der Waals surface area (Å²) in [6, 6.07) is 6.38. The van der Waals surface area contributed by atoms with Crippen LogP contribution in [0.15, 0.2) is 36.7 Å². The predicted molar refractivity (Wildman–Crippen MR) is 96.2 cm³/mol. The topological polar surface area (TPSA) is 84.8 Å². The third-order valence-electron chi connectivity index (χ3n) is 3.41. The summed E-state index contributed by atoms with van der Waals surface area (Å²) in [4.78, 5) is 12.3. The number of nitrogens with one attached hydrogen (secondary N) is 2. The van der Waals surface area contributed by atoms with Crippen molar-refractivity contribution in [2.45, 2.75) is 12.9 Å². The highest BCUT2D eigenvalue weighted by Crippen LogP contribution is 2.29. The van der Waals surface area contributed by atoms with Crippen LogP contribution in [0.1, 0.15) is 10.5 Å². The Kier molecular flexibility index (Phi) is 5.92. The molecule has 2 aromatic heterocycles. The van der Waals surface area contributed by atoms with E-state index in [1.807, 2.05) is 0 Å². The second-order valence-corrected chi connectivity index (χ2v) is 6.45. The zero-order valence-electron chi connectivity index (χ0n) is 13.9. The van der Waals surface area contributed by atoms with Crippen LogP contribution < -0.4 is 5.32 Å². The Labute approximate surface area is 166 Å². The Morgan fingerprint density at radius 2 is 2.07 bits per heavy atom. The van der Waals surface area contributed by atoms with Crippen molar-refractivity contribution in [3.63, 3.8) is 0 Å². The van der Waals surface area contributed by atoms with E-state index < -0.39 is 25.4 Å². The molecular weight excluding hydrogens is 422 g/mol. The van der Waals surface area contributed by atoms with Gasteiger partial charge in [0.2, 0.25) is 0 Å². The van der Waals surface area contributed by atoms with Crippen molar-refractivity contribution in [2.75, 3.05) is 11.9 Å². The van der Waals surface area contributed by atoms with E-state index >= 15 is 0 Å². The first-order valence-electron chi connectivity index (χ1n) is 7.70. The summed E-state index contributed by atoms with van der Waals surface area (Å²) < 4.78 is 41.8. The Balaban J connectivity index is 1.62. The highest BCUT2D eigenvalue weighted by atomic mass is 35.5. The van der Waals surface area contributed by atoms with Crippen molar-refractivity contribution >= 4 is 34.8 Å². The van der Waals surface area contributed by atoms with Gasteiger partial charge in [-0.05, 0) is 24.3 Å². The van der Waals surface area contributed by atoms with Crippen LogP contribution in [-0.4, -0.2) is 38.7 Å². The van der Waals surface area contributed by atoms with E-state index in [0.29, 0.717) is 21.3 Å². The first-order valence-corrected chi connectivity index (χ1v) is 8.46. The number of alkyl halides is 3. The summed E-state index contributed by atoms with van der Waals surface area (Å²) in [5.74, 6) is -0.514. The Hall–Kier alpha value is -2.56. The number of nitrogens with zero attached hydrogens (tertiary/aromatic N) is 3. The third-order valence-corrected chi connectivity index (χ3v) is 3.96. The van der Waals surface area contributed by atoms with E-state index in [-0.39, 0.29) is 11.4 Å². The second-order valence-electron chi connectivity index (χ2n) is 5.61. The number of H-pyrrole nitrogens is 1. The number of rotatable bonds is 6. The summed E-state index contributed by atoms with van der Waals surface area (Å²) in [5, 5.41) is 13.8. The zero-order chi connectivity index (χ0) is 20.3. The monoisotopic (exact) mass is 433 g/mol. The molecule has 12 heteroatoms. The molecule has 148 valence electrons. The minimum absolute atomic E-state index is 0.155. The van der Waals surface area contributed by atoms with Crippen LogP contribution in [0.25, 0.3) is 11.3 Å². The van der Waals surface area contributed by atoms with Crippen LogP contribution in [0.5, 0.6) is 0 Å². The molecule has 0 fully saturated rings. The Morgan fingerprint density at radius 1 is 1.29 bits per heavy atom. The normalized spacial score (nSPS) is 11.6. The molecular formula is C16H12Cl2F3N5O2. The summed E-state index contributed by atoms with van der Waals surface area (Å²) in [6.45, 7) is -1.79. The molecule has 0 saturated carbocycles. The SMILES string of the molecule is O=C(Nc1cnn(COCC(F)(F)F)c1)c1cc(-c2ccc(Cl)cc2Cl)n[nH]1. The van der Waals surface area contributed by atoms with Gasteiger partial charge in [-0.25, -0.2) is 4.68 Å². The highest BCUT2D eigenvalue weighted by molar-refractivity contribution is 6.36. The van der Waals surface area contributed by atoms with E-state index in [1.165, 1.54) is 18.5 Å². The van der Waals surface area contributed by atoms with Gasteiger partial charge in [0.15, 0.2) is 0 Å². The molecule has 2 N–H and O–H groups in total. The maximum atomic E-state index is 12.3. The molecule has 1 amide bonds. The molecule has 3 rings (SSSR count). The van der Waals surface area contributed by atoms with Gasteiger partial charge < -0.3 is 10.1 Å². The van der Waals surface area contributed by atoms with E-state index in [2.05, 4.69) is 25.3 Å². The predicted octanol–water partition coefficient (Wildman–Crippen LogP) is 4.37. The quantitative estimate of drug-likeness (QED) is 0.604. The number of hydrogen-bond donors (Lipinski definition) is 2. The van der Waals surface area contributed by atoms with E-state index in [4.69, 9.17) is 23.2 Å². The minimum Gasteiger partial charge on any atom is -0.350 e. The molecule has 0 atom stereocenters. The summed E-state index contributed by atoms with van der Waals surface area (Å²) in [5.41, 5.74) is 1.47. The van der Waals surface area contributed by atoms with Gasteiger partial charge in [0.05, 0.1) is 28.8 Å². The molecule has 0 unspecified atom stereocenters. The van der Waals surface area contributed by atoms with Crippen molar-refractivity contribution in [1.82, 2.24) is 20.0 Å². The fourth-order valence-electron chi connectivity index (χ4n) is 2.23. The lowest BCUT2D eigenvalue weighted by Gasteiger charge is -2.07. The van der Waals surface area contributed by atoms with E-state index in [1.54, 1.807) is 18.2 Å². The van der Waals surface area contributed by atoms with Crippen molar-refractivity contribution in [3.8, 4) is 11.3 Å². The molecule has 0 bridgehead atoms. The first kappa shape index (κ1) is 20.2. The summed E-state index contributed by atoms with van der Waals surface area (Å²) in [6.07, 6.45) is -1.81. The Bertz CT molecular complexity index is 987. The smallest absolute Gasteiger partial charge is 0.350 e. The van der Waals surface area contributed by atoms with Gasteiger partial charge in [-0.1, -0.05) is 23.2 Å². The summed E-state index contributed by atoms with van der Waals surface area (Å²) >= 11 is 12.0. The highest BCUT2D eigenvalue weighted by Gasteiger charge is 2.27. The van der Waals surface area contributed by atoms with Crippen LogP contribution >= 0.6 is 23.2 Å². The molecule has 2 heterocycles. The van der Waals surface area contributed by atoms with Crippen molar-refractivity contribution in [1.29, 1.82) is 0 Å². The van der Waals surface area contributed by atoms with Crippen LogP contribution in [0.3, 0.4) is 0 Å². The van der Waals surface area contributed by atoms with Crippen molar-refractivity contribution < 1.29 is 22.7 Å². The van der Waals surface area contributed by atoms with Gasteiger partial charge in [-0.15, -0.1) is 0 Å². The fourth-order valence-corrected chi connectivity index (χ4v) is 2.73. The van der Waals surface area contributed by atoms with Gasteiger partial charge in [0, 0.05) is 10.6 Å². The van der Waals surface area contributed by atoms with Crippen LogP contribution in [-0.2, 0) is 11.5 Å². The largest absolute Gasteiger partial charge is 0.411 e. The average Bonchev–Trinajstić information content (AvgIpc) is 3.23. The lowest BCUT2D eigenvalue weighted by molar-refractivity contribution is -0.182. The Morgan fingerprint density at radius 3 is 2.79 bits per heavy atom. The number of hydrogen-bond acceptors (Lipinski definition) is 4. The molecule has 0 spiro atoms. The van der Waals surface area contributed by atoms with Gasteiger partial charge in [0.1, 0.15) is 19.0 Å². The van der Waals surface area contributed by atoms with Crippen molar-refractivity contribution in [2.24, 2.45) is 0 Å². The maximum absolute atomic E-state index is 12.3. The number of halogens is 5. The number of aromatic amines is 1. The molecule has 0 aliphatic rings. The van der Waals surface area contributed by atoms with Gasteiger partial charge >= 0.3 is 6.18 Å². The second kappa shape index (κ2) is 8.21. The minimum atomic E-state index is -4.42. The molecule has 0 radical (unpaired) electrons. The summed E-state index contributed by atoms with van der Waals surface area (Å²) in [7, 11) is 0. The van der Waals surface area contributed by atoms with Crippen molar-refractivity contribution in [3.05, 3.63) is 52.4 Å². The lowest BCUT2D eigenvalue weighted by Crippen LogP contribution is -2.18. The van der Waals surface area contributed by atoms with Gasteiger partial charge in [-0.3, -0.25) is 9.89 Å². The van der Waals surface area contributed by atoms with Gasteiger partial charge in [0.25, 0.3) is 5.91 Å². The number of ether oxygens (including phenoxy) is 1. The lowest BCUT2D eigenvalue weighted by atomic mass is 10.1. The standard InChI is InChI=1S/C16H12Cl2F3N5O2/c17-9-1-2-11(12(18)3-9)13-4-14(25-24-13)15(27)23-10-5-22-26(6-10)8-28-7-16(19,20)21/h1-6H,7-8H2,(H,23,27)(H,24,25). The molecule has 7 nitrogen and oxygen atoms in total. The molecule has 1 aromatic carbocycles. The number of carbonyl (C=O) groups excluding carboxylic acids is 1. The van der Waals surface area contributed by atoms with E-state index in [9.17, 15) is 18.0 Å². The van der Waals surface area contributed by atoms with E-state index in [0.717, 1.165) is 4.68 Å². The van der Waals surface area contributed by atoms with Crippen LogP contribution in [0.4, 0.5) is 18.9 Å².